The molecule has 6 heteroatoms. The smallest absolute Gasteiger partial charge is 0.319 e. The van der Waals surface area contributed by atoms with Gasteiger partial charge in [0.05, 0.1) is 12.8 Å². The lowest BCUT2D eigenvalue weighted by Crippen LogP contribution is -2.40. The Hall–Kier alpha value is -1.82. The van der Waals surface area contributed by atoms with Crippen LogP contribution in [0.25, 0.3) is 0 Å². The predicted octanol–water partition coefficient (Wildman–Crippen LogP) is 1.97. The molecule has 0 aromatic heterocycles. The molecule has 2 unspecified atom stereocenters. The van der Waals surface area contributed by atoms with Gasteiger partial charge in [-0.05, 0) is 25.0 Å². The maximum Gasteiger partial charge on any atom is 0.319 e. The van der Waals surface area contributed by atoms with Crippen LogP contribution in [0.4, 0.5) is 14.9 Å². The summed E-state index contributed by atoms with van der Waals surface area (Å²) in [6.07, 6.45) is 0. The topological polar surface area (TPSA) is 70.6 Å². The summed E-state index contributed by atoms with van der Waals surface area (Å²) >= 11 is 0. The highest BCUT2D eigenvalue weighted by molar-refractivity contribution is 5.91. The van der Waals surface area contributed by atoms with Crippen LogP contribution in [0.3, 0.4) is 0 Å². The fourth-order valence-electron chi connectivity index (χ4n) is 1.44. The molecule has 1 aromatic rings. The number of carbonyl (C=O) groups is 1. The molecule has 0 bridgehead atoms. The van der Waals surface area contributed by atoms with E-state index in [-0.39, 0.29) is 24.3 Å². The van der Waals surface area contributed by atoms with Gasteiger partial charge in [0.15, 0.2) is 0 Å². The lowest BCUT2D eigenvalue weighted by atomic mass is 10.1. The first-order valence-corrected chi connectivity index (χ1v) is 5.99. The Balaban J connectivity index is 2.69. The van der Waals surface area contributed by atoms with Crippen LogP contribution >= 0.6 is 0 Å². The first-order chi connectivity index (χ1) is 8.97. The van der Waals surface area contributed by atoms with E-state index in [9.17, 15) is 9.18 Å². The van der Waals surface area contributed by atoms with E-state index in [0.717, 1.165) is 0 Å². The van der Waals surface area contributed by atoms with Crippen molar-refractivity contribution < 1.29 is 19.0 Å². The second-order valence-corrected chi connectivity index (χ2v) is 4.39. The fraction of sp³-hybridized carbons (Fsp3) is 0.462. The number of halogens is 1. The standard InChI is InChI=1S/C13H19FN2O3/c1-8(7-17)9(2)15-13(18)16-11-6-10(14)4-5-12(11)19-3/h4-6,8-9,17H,7H2,1-3H3,(H2,15,16,18). The Kier molecular flexibility index (Phi) is 5.57. The molecule has 106 valence electrons. The lowest BCUT2D eigenvalue weighted by Gasteiger charge is -2.20. The number of hydrogen-bond acceptors (Lipinski definition) is 3. The van der Waals surface area contributed by atoms with Crippen molar-refractivity contribution >= 4 is 11.7 Å². The molecule has 0 radical (unpaired) electrons. The Labute approximate surface area is 111 Å². The van der Waals surface area contributed by atoms with Crippen molar-refractivity contribution in [2.45, 2.75) is 19.9 Å². The van der Waals surface area contributed by atoms with Gasteiger partial charge in [-0.1, -0.05) is 6.92 Å². The summed E-state index contributed by atoms with van der Waals surface area (Å²) in [6.45, 7) is 3.57. The zero-order valence-corrected chi connectivity index (χ0v) is 11.2. The van der Waals surface area contributed by atoms with Crippen LogP contribution in [0.5, 0.6) is 5.75 Å². The lowest BCUT2D eigenvalue weighted by molar-refractivity contribution is 0.204. The maximum atomic E-state index is 13.1. The van der Waals surface area contributed by atoms with Crippen molar-refractivity contribution in [2.24, 2.45) is 5.92 Å². The number of methoxy groups -OCH3 is 1. The zero-order chi connectivity index (χ0) is 14.4. The summed E-state index contributed by atoms with van der Waals surface area (Å²) in [5, 5.41) is 14.2. The molecule has 0 spiro atoms. The van der Waals surface area contributed by atoms with Gasteiger partial charge in [0.1, 0.15) is 11.6 Å². The molecule has 1 aromatic carbocycles. The summed E-state index contributed by atoms with van der Waals surface area (Å²) in [5.41, 5.74) is 0.254. The third-order valence-corrected chi connectivity index (χ3v) is 2.91. The zero-order valence-electron chi connectivity index (χ0n) is 11.2. The Morgan fingerprint density at radius 3 is 2.74 bits per heavy atom. The predicted molar refractivity (Wildman–Crippen MR) is 70.8 cm³/mol. The van der Waals surface area contributed by atoms with Gasteiger partial charge in [-0.15, -0.1) is 0 Å². The third-order valence-electron chi connectivity index (χ3n) is 2.91. The van der Waals surface area contributed by atoms with Crippen LogP contribution in [0.15, 0.2) is 18.2 Å². The van der Waals surface area contributed by atoms with Crippen LogP contribution in [-0.4, -0.2) is 30.9 Å². The summed E-state index contributed by atoms with van der Waals surface area (Å²) in [6, 6.07) is 3.18. The highest BCUT2D eigenvalue weighted by Gasteiger charge is 2.15. The number of rotatable bonds is 5. The molecule has 5 nitrogen and oxygen atoms in total. The van der Waals surface area contributed by atoms with Crippen LogP contribution in [-0.2, 0) is 0 Å². The van der Waals surface area contributed by atoms with Gasteiger partial charge in [0, 0.05) is 18.7 Å². The van der Waals surface area contributed by atoms with Crippen molar-refractivity contribution in [3.05, 3.63) is 24.0 Å². The van der Waals surface area contributed by atoms with E-state index >= 15 is 0 Å². The second kappa shape index (κ2) is 6.94. The number of aliphatic hydroxyl groups excluding tert-OH is 1. The molecule has 1 rings (SSSR count). The van der Waals surface area contributed by atoms with Crippen LogP contribution in [0.2, 0.25) is 0 Å². The SMILES string of the molecule is COc1ccc(F)cc1NC(=O)NC(C)C(C)CO. The second-order valence-electron chi connectivity index (χ2n) is 4.39. The minimum Gasteiger partial charge on any atom is -0.495 e. The van der Waals surface area contributed by atoms with Crippen LogP contribution in [0.1, 0.15) is 13.8 Å². The number of hydrogen-bond donors (Lipinski definition) is 3. The number of benzene rings is 1. The van der Waals surface area contributed by atoms with E-state index in [1.165, 1.54) is 25.3 Å². The first kappa shape index (κ1) is 15.2. The van der Waals surface area contributed by atoms with Crippen LogP contribution < -0.4 is 15.4 Å². The molecule has 0 aliphatic carbocycles. The van der Waals surface area contributed by atoms with E-state index in [1.807, 2.05) is 6.92 Å². The molecule has 0 heterocycles. The van der Waals surface area contributed by atoms with Gasteiger partial charge in [-0.3, -0.25) is 0 Å². The number of urea groups is 1. The number of nitrogens with one attached hydrogen (secondary N) is 2. The van der Waals surface area contributed by atoms with Gasteiger partial charge in [-0.2, -0.15) is 0 Å². The van der Waals surface area contributed by atoms with Crippen molar-refractivity contribution in [1.82, 2.24) is 5.32 Å². The third kappa shape index (κ3) is 4.40. The normalized spacial score (nSPS) is 13.5. The van der Waals surface area contributed by atoms with Gasteiger partial charge in [0.25, 0.3) is 0 Å². The van der Waals surface area contributed by atoms with Crippen molar-refractivity contribution in [1.29, 1.82) is 0 Å². The molecular formula is C13H19FN2O3. The number of ether oxygens (including phenoxy) is 1. The molecule has 0 fully saturated rings. The van der Waals surface area contributed by atoms with Crippen molar-refractivity contribution in [3.8, 4) is 5.75 Å². The number of aliphatic hydroxyl groups is 1. The Morgan fingerprint density at radius 1 is 1.47 bits per heavy atom. The van der Waals surface area contributed by atoms with Gasteiger partial charge < -0.3 is 20.5 Å². The highest BCUT2D eigenvalue weighted by Crippen LogP contribution is 2.24. The molecule has 0 aliphatic heterocycles. The first-order valence-electron chi connectivity index (χ1n) is 5.99. The molecule has 0 aliphatic rings. The molecular weight excluding hydrogens is 251 g/mol. The highest BCUT2D eigenvalue weighted by atomic mass is 19.1. The van der Waals surface area contributed by atoms with Gasteiger partial charge in [0.2, 0.25) is 0 Å². The van der Waals surface area contributed by atoms with Gasteiger partial charge >= 0.3 is 6.03 Å². The summed E-state index contributed by atoms with van der Waals surface area (Å²) in [4.78, 5) is 11.7. The minimum absolute atomic E-state index is 0.0231. The van der Waals surface area contributed by atoms with E-state index < -0.39 is 11.8 Å². The Morgan fingerprint density at radius 2 is 2.16 bits per heavy atom. The van der Waals surface area contributed by atoms with Crippen LogP contribution in [0, 0.1) is 11.7 Å². The number of anilines is 1. The minimum atomic E-state index is -0.475. The summed E-state index contributed by atoms with van der Waals surface area (Å²) < 4.78 is 18.1. The van der Waals surface area contributed by atoms with E-state index in [4.69, 9.17) is 9.84 Å². The van der Waals surface area contributed by atoms with E-state index in [0.29, 0.717) is 5.75 Å². The maximum absolute atomic E-state index is 13.1. The fourth-order valence-corrected chi connectivity index (χ4v) is 1.44. The van der Waals surface area contributed by atoms with Gasteiger partial charge in [-0.25, -0.2) is 9.18 Å². The average Bonchev–Trinajstić information content (AvgIpc) is 2.37. The van der Waals surface area contributed by atoms with Crippen molar-refractivity contribution in [3.63, 3.8) is 0 Å². The molecule has 2 atom stereocenters. The molecule has 3 N–H and O–H groups in total. The molecule has 2 amide bonds. The monoisotopic (exact) mass is 270 g/mol. The number of amides is 2. The van der Waals surface area contributed by atoms with Crippen molar-refractivity contribution in [2.75, 3.05) is 19.0 Å². The number of carbonyl (C=O) groups excluding carboxylic acids is 1. The molecule has 0 saturated heterocycles. The summed E-state index contributed by atoms with van der Waals surface area (Å²) in [7, 11) is 1.44. The largest absolute Gasteiger partial charge is 0.495 e. The average molecular weight is 270 g/mol. The Bertz CT molecular complexity index is 440. The summed E-state index contributed by atoms with van der Waals surface area (Å²) in [5.74, 6) is -0.160. The van der Waals surface area contributed by atoms with E-state index in [1.54, 1.807) is 6.92 Å². The van der Waals surface area contributed by atoms with E-state index in [2.05, 4.69) is 10.6 Å². The molecule has 0 saturated carbocycles. The quantitative estimate of drug-likeness (QED) is 0.766. The molecule has 19 heavy (non-hydrogen) atoms.